The molecule has 1 aromatic carbocycles. The van der Waals surface area contributed by atoms with E-state index in [0.29, 0.717) is 16.7 Å². The summed E-state index contributed by atoms with van der Waals surface area (Å²) in [5, 5.41) is -1.24. The number of hydrogen-bond acceptors (Lipinski definition) is 6. The van der Waals surface area contributed by atoms with E-state index in [1.165, 1.54) is 29.6 Å². The number of rotatable bonds is 5. The molecule has 0 spiro atoms. The first kappa shape index (κ1) is 22.4. The summed E-state index contributed by atoms with van der Waals surface area (Å²) in [6.45, 7) is -0.683. The van der Waals surface area contributed by atoms with Crippen LogP contribution in [0.25, 0.3) is 0 Å². The van der Waals surface area contributed by atoms with Gasteiger partial charge in [-0.05, 0) is 24.3 Å². The van der Waals surface area contributed by atoms with Crippen LogP contribution in [-0.4, -0.2) is 48.5 Å². The number of hydrogen-bond donors (Lipinski definition) is 1. The number of carbonyl (C=O) groups excluding carboxylic acids is 2. The Morgan fingerprint density at radius 1 is 1.27 bits per heavy atom. The minimum atomic E-state index is -5.46. The number of urea groups is 1. The van der Waals surface area contributed by atoms with Gasteiger partial charge in [0, 0.05) is 11.8 Å². The molecule has 8 nitrogen and oxygen atoms in total. The van der Waals surface area contributed by atoms with Crippen LogP contribution in [0.1, 0.15) is 10.4 Å². The van der Waals surface area contributed by atoms with Crippen LogP contribution in [0, 0.1) is 0 Å². The number of aldehydes is 1. The smallest absolute Gasteiger partial charge is 0.746 e. The van der Waals surface area contributed by atoms with E-state index in [9.17, 15) is 35.7 Å². The van der Waals surface area contributed by atoms with Gasteiger partial charge in [-0.15, -0.1) is 0 Å². The fourth-order valence-corrected chi connectivity index (χ4v) is 2.65. The number of nitrogens with one attached hydrogen (secondary N) is 1. The van der Waals surface area contributed by atoms with Gasteiger partial charge in [0.2, 0.25) is 0 Å². The van der Waals surface area contributed by atoms with Gasteiger partial charge < -0.3 is 14.6 Å². The van der Waals surface area contributed by atoms with Crippen LogP contribution in [0.5, 0.6) is 5.75 Å². The molecule has 1 aliphatic heterocycles. The van der Waals surface area contributed by atoms with Crippen LogP contribution in [0.2, 0.25) is 0 Å². The molecule has 1 aliphatic rings. The normalized spacial score (nSPS) is 17.7. The first-order chi connectivity index (χ1) is 11.5. The summed E-state index contributed by atoms with van der Waals surface area (Å²) in [7, 11) is -5.46. The van der Waals surface area contributed by atoms with E-state index in [-0.39, 0.29) is 41.5 Å². The molecule has 0 bridgehead atoms. The van der Waals surface area contributed by atoms with Crippen molar-refractivity contribution in [3.05, 3.63) is 41.6 Å². The minimum absolute atomic E-state index is 0. The molecule has 2 amide bonds. The Labute approximate surface area is 168 Å². The molecule has 26 heavy (non-hydrogen) atoms. The van der Waals surface area contributed by atoms with Crippen molar-refractivity contribution in [3.8, 4) is 5.75 Å². The molecule has 0 fully saturated rings. The third kappa shape index (κ3) is 5.45. The maximum atomic E-state index is 12.9. The summed E-state index contributed by atoms with van der Waals surface area (Å²) >= 11 is 0. The maximum Gasteiger partial charge on any atom is 1.00 e. The molecule has 13 heteroatoms. The second-order valence-electron chi connectivity index (χ2n) is 4.83. The fraction of sp³-hybridized carbons (Fsp3) is 0.231. The molecular formula is C13H10F3N2NaO6S. The van der Waals surface area contributed by atoms with Gasteiger partial charge in [0.25, 0.3) is 0 Å². The third-order valence-corrected chi connectivity index (χ3v) is 4.04. The third-order valence-electron chi connectivity index (χ3n) is 3.10. The van der Waals surface area contributed by atoms with Crippen LogP contribution in [-0.2, 0) is 10.1 Å². The van der Waals surface area contributed by atoms with Gasteiger partial charge >= 0.3 is 41.8 Å². The Morgan fingerprint density at radius 2 is 1.85 bits per heavy atom. The van der Waals surface area contributed by atoms with Crippen molar-refractivity contribution in [2.45, 2.75) is 11.6 Å². The van der Waals surface area contributed by atoms with E-state index in [4.69, 9.17) is 4.74 Å². The number of alkyl halides is 3. The largest absolute Gasteiger partial charge is 1.00 e. The minimum Gasteiger partial charge on any atom is -0.746 e. The van der Waals surface area contributed by atoms with Crippen molar-refractivity contribution in [1.82, 2.24) is 10.2 Å². The molecule has 0 aliphatic carbocycles. The Balaban J connectivity index is 0.00000338. The first-order valence-electron chi connectivity index (χ1n) is 6.51. The SMILES string of the molecule is O=Cc1ccc(OCN2C=C(C(F)(F)F)C(S(=O)(=O)[O-])NC2=O)cc1.[Na+]. The zero-order valence-electron chi connectivity index (χ0n) is 13.2. The van der Waals surface area contributed by atoms with Crippen molar-refractivity contribution in [3.63, 3.8) is 0 Å². The molecule has 1 heterocycles. The van der Waals surface area contributed by atoms with Crippen LogP contribution in [0.4, 0.5) is 18.0 Å². The number of ether oxygens (including phenoxy) is 1. The standard InChI is InChI=1S/C13H11F3N2O6S.Na/c14-13(15,16)10-5-18(12(20)17-11(10)25(21,22)23)7-24-9-3-1-8(6-19)2-4-9;/h1-6,11H,7H2,(H,17,20)(H,21,22,23);/q;+1/p-1. The van der Waals surface area contributed by atoms with Gasteiger partial charge in [0.1, 0.15) is 22.2 Å². The summed E-state index contributed by atoms with van der Waals surface area (Å²) in [5.74, 6) is 0.152. The van der Waals surface area contributed by atoms with E-state index < -0.39 is 40.0 Å². The van der Waals surface area contributed by atoms with E-state index in [2.05, 4.69) is 0 Å². The molecule has 0 saturated carbocycles. The predicted octanol–water partition coefficient (Wildman–Crippen LogP) is -1.82. The van der Waals surface area contributed by atoms with Gasteiger partial charge in [0.05, 0.1) is 5.57 Å². The van der Waals surface area contributed by atoms with E-state index >= 15 is 0 Å². The summed E-state index contributed by atoms with van der Waals surface area (Å²) in [6, 6.07) is 4.23. The zero-order valence-corrected chi connectivity index (χ0v) is 16.0. The topological polar surface area (TPSA) is 116 Å². The van der Waals surface area contributed by atoms with Gasteiger partial charge in [-0.1, -0.05) is 0 Å². The average molecular weight is 402 g/mol. The summed E-state index contributed by atoms with van der Waals surface area (Å²) < 4.78 is 76.8. The van der Waals surface area contributed by atoms with Crippen molar-refractivity contribution in [2.24, 2.45) is 0 Å². The number of halogens is 3. The van der Waals surface area contributed by atoms with Crippen LogP contribution >= 0.6 is 0 Å². The number of benzene rings is 1. The first-order valence-corrected chi connectivity index (χ1v) is 7.98. The summed E-state index contributed by atoms with van der Waals surface area (Å²) in [4.78, 5) is 22.7. The molecule has 136 valence electrons. The summed E-state index contributed by atoms with van der Waals surface area (Å²) in [6.07, 6.45) is -4.37. The van der Waals surface area contributed by atoms with Crippen LogP contribution < -0.4 is 39.6 Å². The fourth-order valence-electron chi connectivity index (χ4n) is 1.90. The Bertz CT molecular complexity index is 810. The molecule has 1 atom stereocenters. The Kier molecular flexibility index (Phi) is 7.24. The predicted molar refractivity (Wildman–Crippen MR) is 75.3 cm³/mol. The molecule has 2 rings (SSSR count). The van der Waals surface area contributed by atoms with Crippen LogP contribution in [0.15, 0.2) is 36.0 Å². The van der Waals surface area contributed by atoms with Gasteiger partial charge in [-0.25, -0.2) is 13.2 Å². The zero-order chi connectivity index (χ0) is 18.8. The molecule has 1 N–H and O–H groups in total. The monoisotopic (exact) mass is 402 g/mol. The maximum absolute atomic E-state index is 12.9. The second kappa shape index (κ2) is 8.39. The Hall–Kier alpha value is -1.60. The number of nitrogens with zero attached hydrogens (tertiary/aromatic N) is 1. The van der Waals surface area contributed by atoms with Crippen molar-refractivity contribution in [1.29, 1.82) is 0 Å². The molecule has 1 unspecified atom stereocenters. The van der Waals surface area contributed by atoms with Crippen molar-refractivity contribution < 1.29 is 70.0 Å². The Morgan fingerprint density at radius 3 is 2.31 bits per heavy atom. The van der Waals surface area contributed by atoms with E-state index in [1.807, 2.05) is 0 Å². The van der Waals surface area contributed by atoms with Crippen molar-refractivity contribution >= 4 is 22.4 Å². The second-order valence-corrected chi connectivity index (χ2v) is 6.29. The van der Waals surface area contributed by atoms with Gasteiger partial charge in [0.15, 0.2) is 12.1 Å². The number of amides is 2. The van der Waals surface area contributed by atoms with Gasteiger partial charge in [-0.2, -0.15) is 13.2 Å². The van der Waals surface area contributed by atoms with E-state index in [0.717, 1.165) is 0 Å². The molecule has 0 radical (unpaired) electrons. The van der Waals surface area contributed by atoms with Gasteiger partial charge in [-0.3, -0.25) is 9.69 Å². The molecule has 0 aromatic heterocycles. The van der Waals surface area contributed by atoms with Crippen LogP contribution in [0.3, 0.4) is 0 Å². The number of carbonyl (C=O) groups is 2. The molecular weight excluding hydrogens is 392 g/mol. The van der Waals surface area contributed by atoms with Crippen molar-refractivity contribution in [2.75, 3.05) is 6.73 Å². The molecule has 0 saturated heterocycles. The molecule has 1 aromatic rings. The quantitative estimate of drug-likeness (QED) is 0.352. The van der Waals surface area contributed by atoms with E-state index in [1.54, 1.807) is 0 Å². The average Bonchev–Trinajstić information content (AvgIpc) is 2.52. The summed E-state index contributed by atoms with van der Waals surface area (Å²) in [5.41, 5.74) is -1.40.